The zero-order valence-electron chi connectivity index (χ0n) is 21.3. The number of carbonyl (C=O) groups excluding carboxylic acids is 1. The van der Waals surface area contributed by atoms with Crippen LogP contribution in [-0.2, 0) is 13.2 Å². The highest BCUT2D eigenvalue weighted by Gasteiger charge is 2.36. The summed E-state index contributed by atoms with van der Waals surface area (Å²) in [4.78, 5) is 25.2. The first-order chi connectivity index (χ1) is 18.7. The van der Waals surface area contributed by atoms with E-state index in [4.69, 9.17) is 4.74 Å². The molecule has 0 radical (unpaired) electrons. The summed E-state index contributed by atoms with van der Waals surface area (Å²) >= 11 is 0. The molecule has 0 aliphatic carbocycles. The second kappa shape index (κ2) is 10.6. The normalized spacial score (nSPS) is 13.9. The number of methoxy groups -OCH3 is 1. The summed E-state index contributed by atoms with van der Waals surface area (Å²) in [6.07, 6.45) is -1.16. The SMILES string of the molecule is COc1cc(C(=O)N2CCN(c3ccccc3)CC2)ccc1Nc1ncc(C(F)(F)F)c(-c2cnn(C)c2)n1. The molecule has 39 heavy (non-hydrogen) atoms. The number of para-hydroxylation sites is 1. The van der Waals surface area contributed by atoms with Crippen LogP contribution in [0.5, 0.6) is 5.75 Å². The maximum Gasteiger partial charge on any atom is 0.419 e. The molecule has 1 aliphatic heterocycles. The number of alkyl halides is 3. The van der Waals surface area contributed by atoms with Crippen LogP contribution in [0.1, 0.15) is 15.9 Å². The molecule has 1 fully saturated rings. The van der Waals surface area contributed by atoms with Crippen molar-refractivity contribution in [2.24, 2.45) is 7.05 Å². The van der Waals surface area contributed by atoms with Gasteiger partial charge < -0.3 is 19.9 Å². The molecular weight excluding hydrogens is 511 g/mol. The van der Waals surface area contributed by atoms with Crippen LogP contribution in [-0.4, -0.2) is 63.8 Å². The molecule has 4 aromatic rings. The van der Waals surface area contributed by atoms with Gasteiger partial charge in [-0.1, -0.05) is 18.2 Å². The number of benzene rings is 2. The van der Waals surface area contributed by atoms with Crippen LogP contribution >= 0.6 is 0 Å². The first kappa shape index (κ1) is 26.0. The molecule has 1 saturated heterocycles. The number of piperazine rings is 1. The number of nitrogens with zero attached hydrogens (tertiary/aromatic N) is 6. The molecule has 1 aliphatic rings. The summed E-state index contributed by atoms with van der Waals surface area (Å²) in [5.74, 6) is 0.142. The number of anilines is 3. The van der Waals surface area contributed by atoms with Gasteiger partial charge in [-0.2, -0.15) is 18.3 Å². The molecule has 12 heteroatoms. The molecule has 5 rings (SSSR count). The van der Waals surface area contributed by atoms with Gasteiger partial charge >= 0.3 is 6.18 Å². The zero-order valence-corrected chi connectivity index (χ0v) is 21.3. The van der Waals surface area contributed by atoms with Gasteiger partial charge in [0.1, 0.15) is 11.3 Å². The smallest absolute Gasteiger partial charge is 0.419 e. The molecule has 2 aromatic heterocycles. The lowest BCUT2D eigenvalue weighted by Crippen LogP contribution is -2.48. The van der Waals surface area contributed by atoms with Gasteiger partial charge in [-0.3, -0.25) is 9.48 Å². The van der Waals surface area contributed by atoms with Crippen molar-refractivity contribution < 1.29 is 22.7 Å². The van der Waals surface area contributed by atoms with Crippen molar-refractivity contribution >= 4 is 23.2 Å². The van der Waals surface area contributed by atoms with Crippen molar-refractivity contribution in [3.05, 3.63) is 78.2 Å². The third kappa shape index (κ3) is 5.64. The second-order valence-electron chi connectivity index (χ2n) is 9.01. The van der Waals surface area contributed by atoms with E-state index in [1.54, 1.807) is 30.1 Å². The van der Waals surface area contributed by atoms with Gasteiger partial charge in [0.15, 0.2) is 0 Å². The number of hydrogen-bond donors (Lipinski definition) is 1. The van der Waals surface area contributed by atoms with Crippen LogP contribution in [0, 0.1) is 0 Å². The van der Waals surface area contributed by atoms with Crippen molar-refractivity contribution in [2.75, 3.05) is 43.5 Å². The number of aryl methyl sites for hydroxylation is 1. The van der Waals surface area contributed by atoms with Gasteiger partial charge in [-0.15, -0.1) is 0 Å². The monoisotopic (exact) mass is 537 g/mol. The van der Waals surface area contributed by atoms with Gasteiger partial charge in [0.25, 0.3) is 5.91 Å². The molecular formula is C27H26F3N7O2. The average Bonchev–Trinajstić information content (AvgIpc) is 3.39. The van der Waals surface area contributed by atoms with Crippen LogP contribution in [0.15, 0.2) is 67.1 Å². The molecule has 2 aromatic carbocycles. The van der Waals surface area contributed by atoms with E-state index >= 15 is 0 Å². The number of amides is 1. The zero-order chi connectivity index (χ0) is 27.6. The van der Waals surface area contributed by atoms with E-state index in [0.29, 0.717) is 30.1 Å². The minimum Gasteiger partial charge on any atom is -0.495 e. The largest absolute Gasteiger partial charge is 0.495 e. The molecule has 9 nitrogen and oxygen atoms in total. The van der Waals surface area contributed by atoms with Crippen LogP contribution in [0.4, 0.5) is 30.5 Å². The minimum atomic E-state index is -4.64. The lowest BCUT2D eigenvalue weighted by molar-refractivity contribution is -0.137. The lowest BCUT2D eigenvalue weighted by atomic mass is 10.1. The molecule has 0 unspecified atom stereocenters. The van der Waals surface area contributed by atoms with E-state index in [-0.39, 0.29) is 23.1 Å². The number of halogens is 3. The van der Waals surface area contributed by atoms with E-state index in [0.717, 1.165) is 25.0 Å². The summed E-state index contributed by atoms with van der Waals surface area (Å²) in [5, 5.41) is 6.87. The highest BCUT2D eigenvalue weighted by atomic mass is 19.4. The maximum atomic E-state index is 13.6. The van der Waals surface area contributed by atoms with Crippen molar-refractivity contribution in [2.45, 2.75) is 6.18 Å². The quantitative estimate of drug-likeness (QED) is 0.384. The topological polar surface area (TPSA) is 88.4 Å². The highest BCUT2D eigenvalue weighted by Crippen LogP contribution is 2.37. The Hall–Kier alpha value is -4.61. The fraction of sp³-hybridized carbons (Fsp3) is 0.259. The van der Waals surface area contributed by atoms with Crippen molar-refractivity contribution in [3.8, 4) is 17.0 Å². The van der Waals surface area contributed by atoms with Crippen molar-refractivity contribution in [1.82, 2.24) is 24.6 Å². The number of carbonyl (C=O) groups is 1. The van der Waals surface area contributed by atoms with Gasteiger partial charge in [0, 0.05) is 62.4 Å². The summed E-state index contributed by atoms with van der Waals surface area (Å²) in [7, 11) is 3.05. The number of ether oxygens (including phenoxy) is 1. The van der Waals surface area contributed by atoms with Crippen molar-refractivity contribution in [1.29, 1.82) is 0 Å². The summed E-state index contributed by atoms with van der Waals surface area (Å²) < 4.78 is 47.7. The first-order valence-electron chi connectivity index (χ1n) is 12.2. The Balaban J connectivity index is 1.33. The first-order valence-corrected chi connectivity index (χ1v) is 12.2. The minimum absolute atomic E-state index is 0.0590. The Morgan fingerprint density at radius 1 is 1.03 bits per heavy atom. The van der Waals surface area contributed by atoms with E-state index in [2.05, 4.69) is 25.3 Å². The predicted molar refractivity (Wildman–Crippen MR) is 140 cm³/mol. The van der Waals surface area contributed by atoms with Gasteiger partial charge in [0.2, 0.25) is 5.95 Å². The third-order valence-electron chi connectivity index (χ3n) is 6.46. The van der Waals surface area contributed by atoms with E-state index < -0.39 is 11.7 Å². The highest BCUT2D eigenvalue weighted by molar-refractivity contribution is 5.95. The molecule has 0 bridgehead atoms. The summed E-state index contributed by atoms with van der Waals surface area (Å²) in [6.45, 7) is 2.59. The molecule has 202 valence electrons. The Bertz CT molecular complexity index is 1470. The fourth-order valence-corrected chi connectivity index (χ4v) is 4.45. The van der Waals surface area contributed by atoms with Crippen LogP contribution in [0.3, 0.4) is 0 Å². The Morgan fingerprint density at radius 2 is 1.77 bits per heavy atom. The standard InChI is InChI=1S/C27H26F3N7O2/c1-35-17-19(15-32-35)24-21(27(28,29)30)16-31-26(34-24)33-22-9-8-18(14-23(22)39-2)25(38)37-12-10-36(11-13-37)20-6-4-3-5-7-20/h3-9,14-17H,10-13H2,1-2H3,(H,31,33,34). The fourth-order valence-electron chi connectivity index (χ4n) is 4.45. The Morgan fingerprint density at radius 3 is 2.41 bits per heavy atom. The average molecular weight is 538 g/mol. The Labute approximate surface area is 222 Å². The van der Waals surface area contributed by atoms with E-state index in [9.17, 15) is 18.0 Å². The van der Waals surface area contributed by atoms with Crippen molar-refractivity contribution in [3.63, 3.8) is 0 Å². The van der Waals surface area contributed by atoms with Crippen LogP contribution < -0.4 is 15.0 Å². The number of aromatic nitrogens is 4. The van der Waals surface area contributed by atoms with Crippen LogP contribution in [0.2, 0.25) is 0 Å². The number of hydrogen-bond acceptors (Lipinski definition) is 7. The molecule has 1 N–H and O–H groups in total. The van der Waals surface area contributed by atoms with Gasteiger partial charge in [-0.25, -0.2) is 9.97 Å². The molecule has 1 amide bonds. The van der Waals surface area contributed by atoms with Gasteiger partial charge in [-0.05, 0) is 30.3 Å². The molecule has 3 heterocycles. The Kier molecular flexibility index (Phi) is 7.09. The molecule has 0 atom stereocenters. The predicted octanol–water partition coefficient (Wildman–Crippen LogP) is 4.61. The van der Waals surface area contributed by atoms with Gasteiger partial charge in [0.05, 0.1) is 24.7 Å². The summed E-state index contributed by atoms with van der Waals surface area (Å²) in [6, 6.07) is 14.9. The van der Waals surface area contributed by atoms with E-state index in [1.807, 2.05) is 30.3 Å². The van der Waals surface area contributed by atoms with Crippen LogP contribution in [0.25, 0.3) is 11.3 Å². The number of nitrogens with one attached hydrogen (secondary N) is 1. The second-order valence-corrected chi connectivity index (χ2v) is 9.01. The number of rotatable bonds is 6. The molecule has 0 spiro atoms. The van der Waals surface area contributed by atoms with E-state index in [1.165, 1.54) is 24.2 Å². The molecule has 0 saturated carbocycles. The maximum absolute atomic E-state index is 13.6. The lowest BCUT2D eigenvalue weighted by Gasteiger charge is -2.36. The third-order valence-corrected chi connectivity index (χ3v) is 6.46. The summed E-state index contributed by atoms with van der Waals surface area (Å²) in [5.41, 5.74) is 0.902.